The minimum absolute atomic E-state index is 0.0241. The fourth-order valence-electron chi connectivity index (χ4n) is 2.84. The van der Waals surface area contributed by atoms with E-state index in [0.29, 0.717) is 5.02 Å². The van der Waals surface area contributed by atoms with E-state index < -0.39 is 0 Å². The molecule has 3 rings (SSSR count). The highest BCUT2D eigenvalue weighted by atomic mass is 35.5. The molecule has 4 heteroatoms. The number of nitrogens with one attached hydrogen (secondary N) is 2. The van der Waals surface area contributed by atoms with Crippen molar-refractivity contribution in [1.82, 2.24) is 5.32 Å². The smallest absolute Gasteiger partial charge is 0.241 e. The van der Waals surface area contributed by atoms with Gasteiger partial charge in [0, 0.05) is 16.8 Å². The molecule has 0 aliphatic carbocycles. The second-order valence-electron chi connectivity index (χ2n) is 6.22. The third kappa shape index (κ3) is 4.38. The number of rotatable bonds is 5. The lowest BCUT2D eigenvalue weighted by Gasteiger charge is -2.20. The van der Waals surface area contributed by atoms with Crippen molar-refractivity contribution in [1.29, 1.82) is 0 Å². The zero-order valence-electron chi connectivity index (χ0n) is 14.3. The van der Waals surface area contributed by atoms with Crippen LogP contribution in [-0.4, -0.2) is 11.9 Å². The largest absolute Gasteiger partial charge is 0.325 e. The minimum Gasteiger partial charge on any atom is -0.325 e. The summed E-state index contributed by atoms with van der Waals surface area (Å²) in [5, 5.41) is 9.24. The molecule has 0 aromatic heterocycles. The molecule has 2 atom stereocenters. The Labute approximate surface area is 153 Å². The molecule has 2 N–H and O–H groups in total. The molecule has 0 radical (unpaired) electrons. The van der Waals surface area contributed by atoms with E-state index in [1.54, 1.807) is 0 Å². The number of anilines is 1. The Morgan fingerprint density at radius 1 is 0.920 bits per heavy atom. The summed E-state index contributed by atoms with van der Waals surface area (Å²) in [5.41, 5.74) is 1.85. The molecule has 0 aliphatic rings. The van der Waals surface area contributed by atoms with Gasteiger partial charge in [-0.15, -0.1) is 0 Å². The predicted octanol–water partition coefficient (Wildman–Crippen LogP) is 5.17. The van der Waals surface area contributed by atoms with Crippen LogP contribution in [0.25, 0.3) is 10.8 Å². The Kier molecular flexibility index (Phi) is 5.37. The van der Waals surface area contributed by atoms with Gasteiger partial charge in [0.2, 0.25) is 5.91 Å². The lowest BCUT2D eigenvalue weighted by atomic mass is 10.1. The van der Waals surface area contributed by atoms with Crippen molar-refractivity contribution in [2.24, 2.45) is 0 Å². The monoisotopic (exact) mass is 352 g/mol. The second-order valence-corrected chi connectivity index (χ2v) is 6.65. The number of hydrogen-bond acceptors (Lipinski definition) is 2. The van der Waals surface area contributed by atoms with Gasteiger partial charge in [0.05, 0.1) is 6.04 Å². The van der Waals surface area contributed by atoms with Gasteiger partial charge in [0.25, 0.3) is 0 Å². The van der Waals surface area contributed by atoms with Gasteiger partial charge in [0.15, 0.2) is 0 Å². The summed E-state index contributed by atoms with van der Waals surface area (Å²) in [7, 11) is 0. The first kappa shape index (κ1) is 17.5. The van der Waals surface area contributed by atoms with E-state index in [2.05, 4.69) is 16.7 Å². The molecule has 0 heterocycles. The van der Waals surface area contributed by atoms with Crippen molar-refractivity contribution in [3.8, 4) is 0 Å². The SMILES string of the molecule is C[C@@H](N[C@H](C)c1cccc(Cl)c1)C(=O)Nc1ccc2ccccc2c1. The molecule has 0 saturated carbocycles. The van der Waals surface area contributed by atoms with Crippen molar-refractivity contribution < 1.29 is 4.79 Å². The molecule has 1 amide bonds. The first-order valence-corrected chi connectivity index (χ1v) is 8.72. The number of benzene rings is 3. The third-order valence-corrected chi connectivity index (χ3v) is 4.49. The minimum atomic E-state index is -0.333. The van der Waals surface area contributed by atoms with E-state index in [9.17, 15) is 4.79 Å². The topological polar surface area (TPSA) is 41.1 Å². The van der Waals surface area contributed by atoms with Crippen molar-refractivity contribution in [3.63, 3.8) is 0 Å². The highest BCUT2D eigenvalue weighted by Crippen LogP contribution is 2.20. The van der Waals surface area contributed by atoms with Gasteiger partial charge in [-0.25, -0.2) is 0 Å². The summed E-state index contributed by atoms with van der Waals surface area (Å²) in [6.45, 7) is 3.88. The molecule has 3 aromatic carbocycles. The van der Waals surface area contributed by atoms with E-state index >= 15 is 0 Å². The maximum atomic E-state index is 12.5. The molecule has 0 fully saturated rings. The molecule has 0 saturated heterocycles. The summed E-state index contributed by atoms with van der Waals surface area (Å²) >= 11 is 6.04. The second kappa shape index (κ2) is 7.68. The van der Waals surface area contributed by atoms with Crippen LogP contribution in [0.15, 0.2) is 66.7 Å². The van der Waals surface area contributed by atoms with Gasteiger partial charge in [-0.2, -0.15) is 0 Å². The summed E-state index contributed by atoms with van der Waals surface area (Å²) in [4.78, 5) is 12.5. The maximum Gasteiger partial charge on any atom is 0.241 e. The normalized spacial score (nSPS) is 13.4. The van der Waals surface area contributed by atoms with Gasteiger partial charge in [-0.1, -0.05) is 54.1 Å². The van der Waals surface area contributed by atoms with Crippen molar-refractivity contribution in [2.75, 3.05) is 5.32 Å². The molecule has 0 unspecified atom stereocenters. The molecule has 3 nitrogen and oxygen atoms in total. The maximum absolute atomic E-state index is 12.5. The number of fused-ring (bicyclic) bond motifs is 1. The van der Waals surface area contributed by atoms with E-state index in [1.807, 2.05) is 74.5 Å². The Morgan fingerprint density at radius 3 is 2.44 bits per heavy atom. The summed E-state index contributed by atoms with van der Waals surface area (Å²) < 4.78 is 0. The fraction of sp³-hybridized carbons (Fsp3) is 0.190. The van der Waals surface area contributed by atoms with E-state index in [1.165, 1.54) is 0 Å². The first-order valence-electron chi connectivity index (χ1n) is 8.34. The number of carbonyl (C=O) groups is 1. The molecular weight excluding hydrogens is 332 g/mol. The number of carbonyl (C=O) groups excluding carboxylic acids is 1. The molecule has 0 aliphatic heterocycles. The van der Waals surface area contributed by atoms with E-state index in [-0.39, 0.29) is 18.0 Å². The van der Waals surface area contributed by atoms with Gasteiger partial charge in [0.1, 0.15) is 0 Å². The van der Waals surface area contributed by atoms with E-state index in [4.69, 9.17) is 11.6 Å². The molecule has 3 aromatic rings. The van der Waals surface area contributed by atoms with Crippen LogP contribution < -0.4 is 10.6 Å². The quantitative estimate of drug-likeness (QED) is 0.665. The summed E-state index contributed by atoms with van der Waals surface area (Å²) in [6, 6.07) is 21.4. The first-order chi connectivity index (χ1) is 12.0. The van der Waals surface area contributed by atoms with Gasteiger partial charge in [-0.3, -0.25) is 10.1 Å². The van der Waals surface area contributed by atoms with Crippen molar-refractivity contribution in [3.05, 3.63) is 77.3 Å². The van der Waals surface area contributed by atoms with Crippen LogP contribution in [0.2, 0.25) is 5.02 Å². The standard InChI is InChI=1S/C21H21ClN2O/c1-14(17-8-5-9-19(22)12-17)23-15(2)21(25)24-20-11-10-16-6-3-4-7-18(16)13-20/h3-15,23H,1-2H3,(H,24,25)/t14-,15-/m1/s1. The fourth-order valence-corrected chi connectivity index (χ4v) is 3.04. The Hall–Kier alpha value is -2.36. The van der Waals surface area contributed by atoms with Gasteiger partial charge < -0.3 is 5.32 Å². The molecule has 0 spiro atoms. The highest BCUT2D eigenvalue weighted by molar-refractivity contribution is 6.30. The van der Waals surface area contributed by atoms with Crippen LogP contribution >= 0.6 is 11.6 Å². The Morgan fingerprint density at radius 2 is 1.68 bits per heavy atom. The zero-order chi connectivity index (χ0) is 17.8. The zero-order valence-corrected chi connectivity index (χ0v) is 15.0. The lowest BCUT2D eigenvalue weighted by Crippen LogP contribution is -2.39. The van der Waals surface area contributed by atoms with E-state index in [0.717, 1.165) is 22.0 Å². The van der Waals surface area contributed by atoms with Crippen LogP contribution in [0.4, 0.5) is 5.69 Å². The molecule has 0 bridgehead atoms. The van der Waals surface area contributed by atoms with Gasteiger partial charge in [-0.05, 0) is 54.4 Å². The molecular formula is C21H21ClN2O. The summed E-state index contributed by atoms with van der Waals surface area (Å²) in [5.74, 6) is -0.0656. The number of hydrogen-bond donors (Lipinski definition) is 2. The average Bonchev–Trinajstić information content (AvgIpc) is 2.61. The van der Waals surface area contributed by atoms with Gasteiger partial charge >= 0.3 is 0 Å². The molecule has 25 heavy (non-hydrogen) atoms. The average molecular weight is 353 g/mol. The number of halogens is 1. The number of amides is 1. The lowest BCUT2D eigenvalue weighted by molar-refractivity contribution is -0.117. The molecule has 128 valence electrons. The highest BCUT2D eigenvalue weighted by Gasteiger charge is 2.16. The Balaban J connectivity index is 1.65. The van der Waals surface area contributed by atoms with Crippen LogP contribution in [0.1, 0.15) is 25.5 Å². The van der Waals surface area contributed by atoms with Crippen LogP contribution in [-0.2, 0) is 4.79 Å². The summed E-state index contributed by atoms with van der Waals surface area (Å²) in [6.07, 6.45) is 0. The van der Waals surface area contributed by atoms with Crippen molar-refractivity contribution >= 4 is 34.0 Å². The Bertz CT molecular complexity index is 894. The van der Waals surface area contributed by atoms with Crippen molar-refractivity contribution in [2.45, 2.75) is 25.9 Å². The van der Waals surface area contributed by atoms with Crippen LogP contribution in [0.5, 0.6) is 0 Å². The predicted molar refractivity (Wildman–Crippen MR) is 105 cm³/mol. The van der Waals surface area contributed by atoms with Crippen LogP contribution in [0, 0.1) is 0 Å². The van der Waals surface area contributed by atoms with Crippen LogP contribution in [0.3, 0.4) is 0 Å². The third-order valence-electron chi connectivity index (χ3n) is 4.26.